The van der Waals surface area contributed by atoms with Gasteiger partial charge in [0.15, 0.2) is 0 Å². The molecular weight excluding hydrogens is 146 g/mol. The summed E-state index contributed by atoms with van der Waals surface area (Å²) in [5, 5.41) is 2.34. The van der Waals surface area contributed by atoms with Gasteiger partial charge in [-0.15, -0.1) is 6.42 Å². The van der Waals surface area contributed by atoms with E-state index in [4.69, 9.17) is 6.42 Å². The first-order valence-corrected chi connectivity index (χ1v) is 3.14. The molecule has 0 bridgehead atoms. The number of terminal acetylenes is 1. The van der Waals surface area contributed by atoms with Crippen LogP contribution in [0.15, 0.2) is 0 Å². The highest BCUT2D eigenvalue weighted by Crippen LogP contribution is 1.76. The van der Waals surface area contributed by atoms with Crippen molar-refractivity contribution in [3.8, 4) is 12.3 Å². The standard InChI is InChI=1S/C7H11NO3/c1-3-4-8-7(9)11-6-5-10-2/h1H,4-6H2,2H3,(H,8,9). The maximum atomic E-state index is 10.6. The van der Waals surface area contributed by atoms with E-state index in [9.17, 15) is 4.79 Å². The Morgan fingerprint density at radius 2 is 2.36 bits per heavy atom. The van der Waals surface area contributed by atoms with Crippen LogP contribution in [0.3, 0.4) is 0 Å². The molecule has 4 heteroatoms. The number of hydrogen-bond acceptors (Lipinski definition) is 3. The molecule has 0 saturated carbocycles. The summed E-state index contributed by atoms with van der Waals surface area (Å²) in [5.74, 6) is 2.25. The Hall–Kier alpha value is -1.21. The molecule has 0 unspecified atom stereocenters. The molecule has 0 aliphatic heterocycles. The minimum atomic E-state index is -0.514. The molecule has 1 N–H and O–H groups in total. The second-order valence-electron chi connectivity index (χ2n) is 1.69. The van der Waals surface area contributed by atoms with E-state index in [0.717, 1.165) is 0 Å². The van der Waals surface area contributed by atoms with Crippen LogP contribution in [0.5, 0.6) is 0 Å². The summed E-state index contributed by atoms with van der Waals surface area (Å²) in [7, 11) is 1.53. The molecular formula is C7H11NO3. The molecule has 0 aliphatic carbocycles. The van der Waals surface area contributed by atoms with Crippen molar-refractivity contribution in [3.63, 3.8) is 0 Å². The third-order valence-corrected chi connectivity index (χ3v) is 0.855. The molecule has 0 aromatic rings. The monoisotopic (exact) mass is 157 g/mol. The van der Waals surface area contributed by atoms with Crippen LogP contribution in [-0.4, -0.2) is 33.0 Å². The molecule has 0 aromatic carbocycles. The largest absolute Gasteiger partial charge is 0.447 e. The van der Waals surface area contributed by atoms with Gasteiger partial charge in [0.2, 0.25) is 0 Å². The number of rotatable bonds is 4. The molecule has 11 heavy (non-hydrogen) atoms. The van der Waals surface area contributed by atoms with Crippen LogP contribution < -0.4 is 5.32 Å². The van der Waals surface area contributed by atoms with Gasteiger partial charge in [0, 0.05) is 7.11 Å². The first kappa shape index (κ1) is 9.79. The van der Waals surface area contributed by atoms with E-state index in [1.165, 1.54) is 7.11 Å². The van der Waals surface area contributed by atoms with E-state index >= 15 is 0 Å². The lowest BCUT2D eigenvalue weighted by atomic mass is 10.7. The Labute approximate surface area is 65.9 Å². The van der Waals surface area contributed by atoms with Gasteiger partial charge in [-0.2, -0.15) is 0 Å². The maximum absolute atomic E-state index is 10.6. The third-order valence-electron chi connectivity index (χ3n) is 0.855. The summed E-state index contributed by atoms with van der Waals surface area (Å²) >= 11 is 0. The highest BCUT2D eigenvalue weighted by molar-refractivity contribution is 5.67. The van der Waals surface area contributed by atoms with Gasteiger partial charge in [0.1, 0.15) is 6.61 Å². The van der Waals surface area contributed by atoms with Crippen molar-refractivity contribution in [2.75, 3.05) is 26.9 Å². The number of nitrogens with one attached hydrogen (secondary N) is 1. The van der Waals surface area contributed by atoms with E-state index in [1.807, 2.05) is 0 Å². The Morgan fingerprint density at radius 1 is 1.64 bits per heavy atom. The third kappa shape index (κ3) is 6.68. The van der Waals surface area contributed by atoms with E-state index in [0.29, 0.717) is 6.61 Å². The van der Waals surface area contributed by atoms with E-state index in [2.05, 4.69) is 20.7 Å². The van der Waals surface area contributed by atoms with E-state index < -0.39 is 6.09 Å². The van der Waals surface area contributed by atoms with Crippen LogP contribution in [0.1, 0.15) is 0 Å². The second-order valence-corrected chi connectivity index (χ2v) is 1.69. The lowest BCUT2D eigenvalue weighted by molar-refractivity contribution is 0.0993. The fraction of sp³-hybridized carbons (Fsp3) is 0.571. The van der Waals surface area contributed by atoms with Crippen molar-refractivity contribution in [1.29, 1.82) is 0 Å². The molecule has 0 radical (unpaired) electrons. The van der Waals surface area contributed by atoms with E-state index in [1.54, 1.807) is 0 Å². The molecule has 0 saturated heterocycles. The van der Waals surface area contributed by atoms with Crippen LogP contribution in [0.25, 0.3) is 0 Å². The number of alkyl carbamates (subject to hydrolysis) is 1. The predicted octanol–water partition coefficient (Wildman–Crippen LogP) is -0.00780. The molecule has 0 spiro atoms. The average Bonchev–Trinajstić information content (AvgIpc) is 2.01. The molecule has 0 atom stereocenters. The Morgan fingerprint density at radius 3 is 2.91 bits per heavy atom. The van der Waals surface area contributed by atoms with E-state index in [-0.39, 0.29) is 13.2 Å². The fourth-order valence-corrected chi connectivity index (χ4v) is 0.392. The molecule has 0 aliphatic rings. The summed E-state index contributed by atoms with van der Waals surface area (Å²) in [4.78, 5) is 10.6. The van der Waals surface area contributed by atoms with Crippen molar-refractivity contribution in [1.82, 2.24) is 5.32 Å². The number of carbonyl (C=O) groups excluding carboxylic acids is 1. The first-order valence-electron chi connectivity index (χ1n) is 3.14. The number of methoxy groups -OCH3 is 1. The Bertz CT molecular complexity index is 150. The van der Waals surface area contributed by atoms with Crippen molar-refractivity contribution >= 4 is 6.09 Å². The van der Waals surface area contributed by atoms with Crippen LogP contribution >= 0.6 is 0 Å². The van der Waals surface area contributed by atoms with Crippen LogP contribution in [0, 0.1) is 12.3 Å². The number of hydrogen-bond donors (Lipinski definition) is 1. The summed E-state index contributed by atoms with van der Waals surface area (Å²) < 4.78 is 9.27. The van der Waals surface area contributed by atoms with Gasteiger partial charge in [0.05, 0.1) is 13.2 Å². The molecule has 62 valence electrons. The lowest BCUT2D eigenvalue weighted by Gasteiger charge is -2.02. The summed E-state index contributed by atoms with van der Waals surface area (Å²) in [5.41, 5.74) is 0. The Kier molecular flexibility index (Phi) is 6.14. The van der Waals surface area contributed by atoms with Crippen LogP contribution in [-0.2, 0) is 9.47 Å². The lowest BCUT2D eigenvalue weighted by Crippen LogP contribution is -2.25. The quantitative estimate of drug-likeness (QED) is 0.461. The van der Waals surface area contributed by atoms with Crippen LogP contribution in [0.4, 0.5) is 4.79 Å². The van der Waals surface area contributed by atoms with Gasteiger partial charge in [0.25, 0.3) is 0 Å². The highest BCUT2D eigenvalue weighted by atomic mass is 16.6. The minimum absolute atomic E-state index is 0.186. The first-order chi connectivity index (χ1) is 5.31. The summed E-state index contributed by atoms with van der Waals surface area (Å²) in [6, 6.07) is 0. The fourth-order valence-electron chi connectivity index (χ4n) is 0.392. The molecule has 0 heterocycles. The predicted molar refractivity (Wildman–Crippen MR) is 40.1 cm³/mol. The van der Waals surface area contributed by atoms with Gasteiger partial charge in [-0.3, -0.25) is 0 Å². The topological polar surface area (TPSA) is 47.6 Å². The molecule has 0 fully saturated rings. The second kappa shape index (κ2) is 6.90. The van der Waals surface area contributed by atoms with Crippen molar-refractivity contribution in [3.05, 3.63) is 0 Å². The molecule has 1 amide bonds. The van der Waals surface area contributed by atoms with Gasteiger partial charge in [-0.25, -0.2) is 4.79 Å². The summed E-state index contributed by atoms with van der Waals surface area (Å²) in [6.07, 6.45) is 4.37. The number of carbonyl (C=O) groups is 1. The van der Waals surface area contributed by atoms with Crippen molar-refractivity contribution in [2.45, 2.75) is 0 Å². The van der Waals surface area contributed by atoms with Gasteiger partial charge in [-0.05, 0) is 0 Å². The minimum Gasteiger partial charge on any atom is -0.447 e. The SMILES string of the molecule is C#CCNC(=O)OCCOC. The van der Waals surface area contributed by atoms with Crippen molar-refractivity contribution in [2.24, 2.45) is 0 Å². The van der Waals surface area contributed by atoms with Crippen molar-refractivity contribution < 1.29 is 14.3 Å². The number of amides is 1. The highest BCUT2D eigenvalue weighted by Gasteiger charge is 1.97. The molecule has 0 aromatic heterocycles. The normalized spacial score (nSPS) is 8.36. The smallest absolute Gasteiger partial charge is 0.407 e. The zero-order valence-electron chi connectivity index (χ0n) is 6.42. The van der Waals surface area contributed by atoms with Gasteiger partial charge < -0.3 is 14.8 Å². The number of ether oxygens (including phenoxy) is 2. The van der Waals surface area contributed by atoms with Gasteiger partial charge >= 0.3 is 6.09 Å². The van der Waals surface area contributed by atoms with Crippen LogP contribution in [0.2, 0.25) is 0 Å². The molecule has 0 rings (SSSR count). The average molecular weight is 157 g/mol. The molecule has 4 nitrogen and oxygen atoms in total. The maximum Gasteiger partial charge on any atom is 0.407 e. The zero-order valence-corrected chi connectivity index (χ0v) is 6.42. The van der Waals surface area contributed by atoms with Gasteiger partial charge in [-0.1, -0.05) is 5.92 Å². The Balaban J connectivity index is 3.17. The summed E-state index contributed by atoms with van der Waals surface area (Å²) in [6.45, 7) is 0.822. The zero-order chi connectivity index (χ0) is 8.53.